The molecule has 0 spiro atoms. The molecule has 1 saturated heterocycles. The summed E-state index contributed by atoms with van der Waals surface area (Å²) in [6.45, 7) is 2.29. The number of nitrogens with zero attached hydrogens (tertiary/aromatic N) is 1. The molecule has 116 valence electrons. The number of carbonyl (C=O) groups excluding carboxylic acids is 1. The van der Waals surface area contributed by atoms with E-state index in [4.69, 9.17) is 5.73 Å². The van der Waals surface area contributed by atoms with Gasteiger partial charge < -0.3 is 10.6 Å². The van der Waals surface area contributed by atoms with E-state index in [-0.39, 0.29) is 19.0 Å². The number of alkyl halides is 3. The molecule has 1 aromatic carbocycles. The Kier molecular flexibility index (Phi) is 4.44. The van der Waals surface area contributed by atoms with Crippen molar-refractivity contribution >= 4 is 6.03 Å². The number of hydrogen-bond donors (Lipinski definition) is 1. The van der Waals surface area contributed by atoms with E-state index in [9.17, 15) is 18.0 Å². The van der Waals surface area contributed by atoms with Crippen LogP contribution in [0.15, 0.2) is 24.3 Å². The standard InChI is InChI=1S/C15H19F3N2O/c1-2-10-5-3-4-6-12(10)13-9-20(14(19)21)8-11(13)7-15(16,17)18/h3-6,11,13H,2,7-9H2,1H3,(H2,19,21). The second-order valence-corrected chi connectivity index (χ2v) is 5.48. The number of likely N-dealkylation sites (tertiary alicyclic amines) is 1. The van der Waals surface area contributed by atoms with E-state index >= 15 is 0 Å². The predicted octanol–water partition coefficient (Wildman–Crippen LogP) is 3.30. The summed E-state index contributed by atoms with van der Waals surface area (Å²) in [7, 11) is 0. The average molecular weight is 300 g/mol. The third-order valence-corrected chi connectivity index (χ3v) is 4.08. The second-order valence-electron chi connectivity index (χ2n) is 5.48. The summed E-state index contributed by atoms with van der Waals surface area (Å²) in [4.78, 5) is 12.6. The van der Waals surface area contributed by atoms with E-state index < -0.39 is 24.5 Å². The molecule has 0 aliphatic carbocycles. The molecule has 0 aromatic heterocycles. The van der Waals surface area contributed by atoms with Gasteiger partial charge in [-0.1, -0.05) is 31.2 Å². The van der Waals surface area contributed by atoms with E-state index in [2.05, 4.69) is 0 Å². The fraction of sp³-hybridized carbons (Fsp3) is 0.533. The van der Waals surface area contributed by atoms with Crippen molar-refractivity contribution in [3.63, 3.8) is 0 Å². The van der Waals surface area contributed by atoms with Crippen LogP contribution in [0.5, 0.6) is 0 Å². The van der Waals surface area contributed by atoms with Gasteiger partial charge >= 0.3 is 12.2 Å². The van der Waals surface area contributed by atoms with Crippen LogP contribution in [0.4, 0.5) is 18.0 Å². The minimum atomic E-state index is -4.24. The first-order valence-electron chi connectivity index (χ1n) is 7.00. The molecule has 2 unspecified atom stereocenters. The van der Waals surface area contributed by atoms with Gasteiger partial charge in [0.05, 0.1) is 0 Å². The number of nitrogens with two attached hydrogens (primary N) is 1. The predicted molar refractivity (Wildman–Crippen MR) is 73.9 cm³/mol. The van der Waals surface area contributed by atoms with Crippen LogP contribution >= 0.6 is 0 Å². The lowest BCUT2D eigenvalue weighted by Crippen LogP contribution is -2.34. The van der Waals surface area contributed by atoms with Crippen LogP contribution in [0.3, 0.4) is 0 Å². The molecule has 6 heteroatoms. The number of rotatable bonds is 3. The summed E-state index contributed by atoms with van der Waals surface area (Å²) in [5, 5.41) is 0. The summed E-state index contributed by atoms with van der Waals surface area (Å²) < 4.78 is 38.3. The number of halogens is 3. The Labute approximate surface area is 121 Å². The van der Waals surface area contributed by atoms with Crippen molar-refractivity contribution in [3.05, 3.63) is 35.4 Å². The zero-order chi connectivity index (χ0) is 15.6. The van der Waals surface area contributed by atoms with Crippen LogP contribution < -0.4 is 5.73 Å². The van der Waals surface area contributed by atoms with Crippen LogP contribution in [-0.4, -0.2) is 30.2 Å². The van der Waals surface area contributed by atoms with Crippen molar-refractivity contribution in [3.8, 4) is 0 Å². The summed E-state index contributed by atoms with van der Waals surface area (Å²) in [6, 6.07) is 6.83. The van der Waals surface area contributed by atoms with Crippen molar-refractivity contribution in [1.29, 1.82) is 0 Å². The van der Waals surface area contributed by atoms with E-state index in [0.29, 0.717) is 0 Å². The van der Waals surface area contributed by atoms with Crippen LogP contribution in [0.2, 0.25) is 0 Å². The molecule has 1 heterocycles. The minimum absolute atomic E-state index is 0.0670. The van der Waals surface area contributed by atoms with E-state index in [1.165, 1.54) is 4.90 Å². The van der Waals surface area contributed by atoms with Crippen LogP contribution in [0.1, 0.15) is 30.4 Å². The van der Waals surface area contributed by atoms with E-state index in [1.54, 1.807) is 0 Å². The maximum Gasteiger partial charge on any atom is 0.389 e. The number of carbonyl (C=O) groups is 1. The van der Waals surface area contributed by atoms with Gasteiger partial charge in [-0.25, -0.2) is 4.79 Å². The highest BCUT2D eigenvalue weighted by Crippen LogP contribution is 2.40. The van der Waals surface area contributed by atoms with Crippen molar-refractivity contribution < 1.29 is 18.0 Å². The van der Waals surface area contributed by atoms with Gasteiger partial charge in [0.1, 0.15) is 0 Å². The monoisotopic (exact) mass is 300 g/mol. The lowest BCUT2D eigenvalue weighted by Gasteiger charge is -2.22. The van der Waals surface area contributed by atoms with Crippen LogP contribution in [0, 0.1) is 5.92 Å². The topological polar surface area (TPSA) is 46.3 Å². The van der Waals surface area contributed by atoms with Crippen molar-refractivity contribution in [2.45, 2.75) is 31.9 Å². The lowest BCUT2D eigenvalue weighted by molar-refractivity contribution is -0.144. The van der Waals surface area contributed by atoms with Gasteiger partial charge in [-0.3, -0.25) is 0 Å². The number of benzene rings is 1. The molecular formula is C15H19F3N2O. The first-order chi connectivity index (χ1) is 9.81. The first kappa shape index (κ1) is 15.7. The number of hydrogen-bond acceptors (Lipinski definition) is 1. The molecular weight excluding hydrogens is 281 g/mol. The van der Waals surface area contributed by atoms with Gasteiger partial charge in [0.25, 0.3) is 0 Å². The van der Waals surface area contributed by atoms with Gasteiger partial charge in [0, 0.05) is 25.4 Å². The Morgan fingerprint density at radius 3 is 2.57 bits per heavy atom. The molecule has 2 atom stereocenters. The zero-order valence-corrected chi connectivity index (χ0v) is 11.9. The fourth-order valence-electron chi connectivity index (χ4n) is 3.13. The molecule has 0 radical (unpaired) electrons. The Hall–Kier alpha value is -1.72. The number of urea groups is 1. The number of aryl methyl sites for hydroxylation is 1. The Balaban J connectivity index is 2.31. The molecule has 1 aliphatic rings. The average Bonchev–Trinajstić information content (AvgIpc) is 2.80. The highest BCUT2D eigenvalue weighted by molar-refractivity contribution is 5.72. The Bertz CT molecular complexity index is 516. The largest absolute Gasteiger partial charge is 0.389 e. The molecule has 2 rings (SSSR count). The normalized spacial score (nSPS) is 22.6. The molecule has 21 heavy (non-hydrogen) atoms. The maximum absolute atomic E-state index is 12.8. The van der Waals surface area contributed by atoms with E-state index in [1.807, 2.05) is 31.2 Å². The summed E-state index contributed by atoms with van der Waals surface area (Å²) in [6.07, 6.45) is -4.38. The quantitative estimate of drug-likeness (QED) is 0.914. The summed E-state index contributed by atoms with van der Waals surface area (Å²) >= 11 is 0. The lowest BCUT2D eigenvalue weighted by atomic mass is 9.84. The second kappa shape index (κ2) is 5.95. The summed E-state index contributed by atoms with van der Waals surface area (Å²) in [5.41, 5.74) is 7.17. The van der Waals surface area contributed by atoms with Gasteiger partial charge in [-0.2, -0.15) is 13.2 Å². The number of primary amides is 1. The van der Waals surface area contributed by atoms with Gasteiger partial charge in [-0.15, -0.1) is 0 Å². The maximum atomic E-state index is 12.8. The molecule has 2 amide bonds. The SMILES string of the molecule is CCc1ccccc1C1CN(C(N)=O)CC1CC(F)(F)F. The molecule has 2 N–H and O–H groups in total. The first-order valence-corrected chi connectivity index (χ1v) is 7.00. The highest BCUT2D eigenvalue weighted by Gasteiger charge is 2.42. The molecule has 1 fully saturated rings. The van der Waals surface area contributed by atoms with Gasteiger partial charge in [0.2, 0.25) is 0 Å². The molecule has 0 saturated carbocycles. The van der Waals surface area contributed by atoms with Crippen molar-refractivity contribution in [2.24, 2.45) is 11.7 Å². The zero-order valence-electron chi connectivity index (χ0n) is 11.9. The third kappa shape index (κ3) is 3.68. The minimum Gasteiger partial charge on any atom is -0.351 e. The van der Waals surface area contributed by atoms with Gasteiger partial charge in [0.15, 0.2) is 0 Å². The smallest absolute Gasteiger partial charge is 0.351 e. The van der Waals surface area contributed by atoms with Gasteiger partial charge in [-0.05, 0) is 23.5 Å². The fourth-order valence-corrected chi connectivity index (χ4v) is 3.13. The molecule has 0 bridgehead atoms. The van der Waals surface area contributed by atoms with Crippen molar-refractivity contribution in [1.82, 2.24) is 4.90 Å². The molecule has 1 aliphatic heterocycles. The van der Waals surface area contributed by atoms with Crippen LogP contribution in [0.25, 0.3) is 0 Å². The Morgan fingerprint density at radius 1 is 1.33 bits per heavy atom. The molecule has 1 aromatic rings. The summed E-state index contributed by atoms with van der Waals surface area (Å²) in [5.74, 6) is -0.944. The van der Waals surface area contributed by atoms with E-state index in [0.717, 1.165) is 17.5 Å². The Morgan fingerprint density at radius 2 is 2.00 bits per heavy atom. The number of amides is 2. The molecule has 3 nitrogen and oxygen atoms in total. The highest BCUT2D eigenvalue weighted by atomic mass is 19.4. The van der Waals surface area contributed by atoms with Crippen molar-refractivity contribution in [2.75, 3.05) is 13.1 Å². The van der Waals surface area contributed by atoms with Crippen LogP contribution in [-0.2, 0) is 6.42 Å². The third-order valence-electron chi connectivity index (χ3n) is 4.08.